The van der Waals surface area contributed by atoms with Gasteiger partial charge in [-0.15, -0.1) is 0 Å². The van der Waals surface area contributed by atoms with Crippen molar-refractivity contribution in [2.45, 2.75) is 13.0 Å². The third-order valence-electron chi connectivity index (χ3n) is 4.25. The molecule has 1 amide bonds. The number of carbonyl (C=O) groups excluding carboxylic acids is 1. The zero-order valence-corrected chi connectivity index (χ0v) is 17.8. The molecule has 0 N–H and O–H groups in total. The van der Waals surface area contributed by atoms with Crippen molar-refractivity contribution in [1.29, 1.82) is 0 Å². The molecule has 1 aliphatic heterocycles. The Balaban J connectivity index is 1.60. The van der Waals surface area contributed by atoms with Crippen LogP contribution < -0.4 is 4.74 Å². The molecule has 2 aromatic rings. The maximum absolute atomic E-state index is 12.7. The Labute approximate surface area is 176 Å². The highest BCUT2D eigenvalue weighted by Crippen LogP contribution is 2.33. The van der Waals surface area contributed by atoms with Gasteiger partial charge in [0.15, 0.2) is 0 Å². The minimum Gasteiger partial charge on any atom is -0.494 e. The quantitative estimate of drug-likeness (QED) is 0.364. The van der Waals surface area contributed by atoms with Crippen LogP contribution in [0.1, 0.15) is 17.5 Å². The fourth-order valence-electron chi connectivity index (χ4n) is 2.78. The number of carbonyl (C=O) groups is 1. The molecule has 4 nitrogen and oxygen atoms in total. The minimum atomic E-state index is -0.0390. The standard InChI is InChI=1S/C22H24N2O2S2/c1-23(2)13-6-14-26-19-11-9-17(10-12-19)15-20-21(25)24(22(27)28-20)16-18-7-4-3-5-8-18/h3-5,7-12,15H,6,13-14,16H2,1-2H3/b20-15-. The zero-order valence-electron chi connectivity index (χ0n) is 16.1. The lowest BCUT2D eigenvalue weighted by Gasteiger charge is -2.14. The summed E-state index contributed by atoms with van der Waals surface area (Å²) in [5.74, 6) is 0.801. The molecule has 0 atom stereocenters. The van der Waals surface area contributed by atoms with Crippen LogP contribution in [-0.2, 0) is 11.3 Å². The average Bonchev–Trinajstić information content (AvgIpc) is 2.94. The molecule has 0 aliphatic carbocycles. The number of thioether (sulfide) groups is 1. The predicted molar refractivity (Wildman–Crippen MR) is 120 cm³/mol. The summed E-state index contributed by atoms with van der Waals surface area (Å²) >= 11 is 6.76. The molecule has 1 fully saturated rings. The monoisotopic (exact) mass is 412 g/mol. The molecule has 0 aromatic heterocycles. The first kappa shape index (κ1) is 20.6. The largest absolute Gasteiger partial charge is 0.494 e. The molecule has 0 unspecified atom stereocenters. The van der Waals surface area contributed by atoms with Crippen LogP contribution in [0.3, 0.4) is 0 Å². The predicted octanol–water partition coefficient (Wildman–Crippen LogP) is 4.42. The first-order chi connectivity index (χ1) is 13.5. The molecule has 2 aromatic carbocycles. The Morgan fingerprint density at radius 3 is 2.50 bits per heavy atom. The van der Waals surface area contributed by atoms with Crippen molar-refractivity contribution in [2.75, 3.05) is 27.2 Å². The van der Waals surface area contributed by atoms with Crippen LogP contribution in [0.15, 0.2) is 59.5 Å². The summed E-state index contributed by atoms with van der Waals surface area (Å²) in [6, 6.07) is 17.7. The van der Waals surface area contributed by atoms with E-state index >= 15 is 0 Å². The lowest BCUT2D eigenvalue weighted by Crippen LogP contribution is -2.27. The Morgan fingerprint density at radius 1 is 1.11 bits per heavy atom. The Bertz CT molecular complexity index is 849. The molecule has 0 radical (unpaired) electrons. The summed E-state index contributed by atoms with van der Waals surface area (Å²) in [5, 5.41) is 0. The third kappa shape index (κ3) is 5.67. The summed E-state index contributed by atoms with van der Waals surface area (Å²) in [5.41, 5.74) is 2.02. The lowest BCUT2D eigenvalue weighted by atomic mass is 10.2. The highest BCUT2D eigenvalue weighted by atomic mass is 32.2. The number of rotatable bonds is 8. The number of hydrogen-bond acceptors (Lipinski definition) is 5. The van der Waals surface area contributed by atoms with Crippen LogP contribution in [0.2, 0.25) is 0 Å². The number of nitrogens with zero attached hydrogens (tertiary/aromatic N) is 2. The molecule has 1 heterocycles. The molecule has 0 spiro atoms. The van der Waals surface area contributed by atoms with Gasteiger partial charge in [-0.05, 0) is 49.9 Å². The molecule has 0 saturated carbocycles. The maximum atomic E-state index is 12.7. The van der Waals surface area contributed by atoms with Gasteiger partial charge < -0.3 is 9.64 Å². The summed E-state index contributed by atoms with van der Waals surface area (Å²) in [4.78, 5) is 17.2. The van der Waals surface area contributed by atoms with Crippen molar-refractivity contribution >= 4 is 40.3 Å². The van der Waals surface area contributed by atoms with E-state index in [0.717, 1.165) is 29.8 Å². The van der Waals surface area contributed by atoms with Gasteiger partial charge in [0.1, 0.15) is 10.1 Å². The second kappa shape index (κ2) is 9.87. The van der Waals surface area contributed by atoms with Crippen molar-refractivity contribution in [1.82, 2.24) is 9.80 Å². The van der Waals surface area contributed by atoms with E-state index in [-0.39, 0.29) is 5.91 Å². The molecule has 6 heteroatoms. The van der Waals surface area contributed by atoms with Crippen molar-refractivity contribution in [3.05, 3.63) is 70.6 Å². The molecule has 1 aliphatic rings. The van der Waals surface area contributed by atoms with Crippen LogP contribution in [0, 0.1) is 0 Å². The van der Waals surface area contributed by atoms with E-state index < -0.39 is 0 Å². The normalized spacial score (nSPS) is 15.7. The van der Waals surface area contributed by atoms with Crippen LogP contribution in [0.5, 0.6) is 5.75 Å². The molecule has 1 saturated heterocycles. The van der Waals surface area contributed by atoms with Crippen LogP contribution in [0.4, 0.5) is 0 Å². The Morgan fingerprint density at radius 2 is 1.82 bits per heavy atom. The first-order valence-electron chi connectivity index (χ1n) is 9.20. The molecule has 146 valence electrons. The number of amides is 1. The van der Waals surface area contributed by atoms with E-state index in [1.807, 2.05) is 60.7 Å². The zero-order chi connectivity index (χ0) is 19.9. The summed E-state index contributed by atoms with van der Waals surface area (Å²) in [6.45, 7) is 2.20. The van der Waals surface area contributed by atoms with Gasteiger partial charge in [0.2, 0.25) is 0 Å². The molecular weight excluding hydrogens is 388 g/mol. The summed E-state index contributed by atoms with van der Waals surface area (Å²) < 4.78 is 6.35. The van der Waals surface area contributed by atoms with Crippen LogP contribution in [0.25, 0.3) is 6.08 Å². The van der Waals surface area contributed by atoms with E-state index in [4.69, 9.17) is 17.0 Å². The van der Waals surface area contributed by atoms with Gasteiger partial charge in [-0.1, -0.05) is 66.4 Å². The molecule has 28 heavy (non-hydrogen) atoms. The van der Waals surface area contributed by atoms with Crippen molar-refractivity contribution in [2.24, 2.45) is 0 Å². The van der Waals surface area contributed by atoms with Crippen molar-refractivity contribution in [3.8, 4) is 5.75 Å². The number of benzene rings is 2. The molecule has 0 bridgehead atoms. The third-order valence-corrected chi connectivity index (χ3v) is 5.63. The molecular formula is C22H24N2O2S2. The van der Waals surface area contributed by atoms with Gasteiger partial charge in [-0.2, -0.15) is 0 Å². The summed E-state index contributed by atoms with van der Waals surface area (Å²) in [6.07, 6.45) is 2.87. The van der Waals surface area contributed by atoms with Gasteiger partial charge in [-0.3, -0.25) is 9.69 Å². The highest BCUT2D eigenvalue weighted by molar-refractivity contribution is 8.26. The topological polar surface area (TPSA) is 32.8 Å². The van der Waals surface area contributed by atoms with Gasteiger partial charge in [0.05, 0.1) is 18.1 Å². The van der Waals surface area contributed by atoms with E-state index in [1.165, 1.54) is 11.8 Å². The number of thiocarbonyl (C=S) groups is 1. The van der Waals surface area contributed by atoms with Crippen LogP contribution in [-0.4, -0.2) is 47.3 Å². The fourth-order valence-corrected chi connectivity index (χ4v) is 4.04. The van der Waals surface area contributed by atoms with E-state index in [2.05, 4.69) is 19.0 Å². The SMILES string of the molecule is CN(C)CCCOc1ccc(/C=C2\SC(=S)N(Cc3ccccc3)C2=O)cc1. The maximum Gasteiger partial charge on any atom is 0.266 e. The average molecular weight is 413 g/mol. The van der Waals surface area contributed by atoms with Gasteiger partial charge in [0.25, 0.3) is 5.91 Å². The van der Waals surface area contributed by atoms with E-state index in [0.29, 0.717) is 22.4 Å². The Kier molecular flexibility index (Phi) is 7.25. The number of ether oxygens (including phenoxy) is 1. The Hall–Kier alpha value is -2.15. The fraction of sp³-hybridized carbons (Fsp3) is 0.273. The minimum absolute atomic E-state index is 0.0390. The second-order valence-corrected chi connectivity index (χ2v) is 8.50. The van der Waals surface area contributed by atoms with Gasteiger partial charge >= 0.3 is 0 Å². The highest BCUT2D eigenvalue weighted by Gasteiger charge is 2.31. The molecule has 3 rings (SSSR count). The van der Waals surface area contributed by atoms with Crippen LogP contribution >= 0.6 is 24.0 Å². The van der Waals surface area contributed by atoms with E-state index in [9.17, 15) is 4.79 Å². The van der Waals surface area contributed by atoms with Gasteiger partial charge in [-0.25, -0.2) is 0 Å². The van der Waals surface area contributed by atoms with Crippen molar-refractivity contribution in [3.63, 3.8) is 0 Å². The van der Waals surface area contributed by atoms with Crippen molar-refractivity contribution < 1.29 is 9.53 Å². The second-order valence-electron chi connectivity index (χ2n) is 6.83. The first-order valence-corrected chi connectivity index (χ1v) is 10.4. The van der Waals surface area contributed by atoms with E-state index in [1.54, 1.807) is 4.90 Å². The van der Waals surface area contributed by atoms with Gasteiger partial charge in [0, 0.05) is 6.54 Å². The lowest BCUT2D eigenvalue weighted by molar-refractivity contribution is -0.122. The number of hydrogen-bond donors (Lipinski definition) is 0. The smallest absolute Gasteiger partial charge is 0.266 e. The summed E-state index contributed by atoms with van der Waals surface area (Å²) in [7, 11) is 4.11.